The first-order valence-electron chi connectivity index (χ1n) is 6.11. The molecule has 0 saturated carbocycles. The second-order valence-corrected chi connectivity index (χ2v) is 4.08. The van der Waals surface area contributed by atoms with Crippen LogP contribution in [0, 0.1) is 0 Å². The molecule has 0 radical (unpaired) electrons. The lowest BCUT2D eigenvalue weighted by molar-refractivity contribution is -0.150. The van der Waals surface area contributed by atoms with E-state index in [1.807, 2.05) is 13.8 Å². The van der Waals surface area contributed by atoms with E-state index in [1.165, 1.54) is 0 Å². The van der Waals surface area contributed by atoms with Crippen LogP contribution in [-0.4, -0.2) is 47.8 Å². The second kappa shape index (κ2) is 8.53. The quantitative estimate of drug-likeness (QED) is 0.642. The van der Waals surface area contributed by atoms with Gasteiger partial charge in [0.2, 0.25) is 0 Å². The van der Waals surface area contributed by atoms with E-state index in [0.29, 0.717) is 13.0 Å². The van der Waals surface area contributed by atoms with Crippen LogP contribution in [0.2, 0.25) is 0 Å². The van der Waals surface area contributed by atoms with Gasteiger partial charge in [0.05, 0.1) is 6.61 Å². The Balaban J connectivity index is 4.50. The molecule has 1 atom stereocenters. The summed E-state index contributed by atoms with van der Waals surface area (Å²) in [7, 11) is 0. The molecule has 0 aliphatic carbocycles. The Labute approximate surface area is 98.6 Å². The molecule has 0 spiro atoms. The first-order valence-corrected chi connectivity index (χ1v) is 6.11. The van der Waals surface area contributed by atoms with Crippen LogP contribution in [0.3, 0.4) is 0 Å². The van der Waals surface area contributed by atoms with Gasteiger partial charge >= 0.3 is 5.97 Å². The molecule has 96 valence electrons. The molecule has 16 heavy (non-hydrogen) atoms. The van der Waals surface area contributed by atoms with Crippen molar-refractivity contribution in [3.05, 3.63) is 0 Å². The minimum atomic E-state index is -0.188. The highest BCUT2D eigenvalue weighted by molar-refractivity contribution is 5.75. The van der Waals surface area contributed by atoms with E-state index in [1.54, 1.807) is 0 Å². The number of ether oxygens (including phenoxy) is 1. The van der Waals surface area contributed by atoms with Crippen LogP contribution in [0.4, 0.5) is 0 Å². The number of hydrogen-bond donors (Lipinski definition) is 1. The molecule has 0 saturated heterocycles. The lowest BCUT2D eigenvalue weighted by Crippen LogP contribution is -2.46. The molecule has 1 unspecified atom stereocenters. The van der Waals surface area contributed by atoms with Crippen LogP contribution < -0.4 is 0 Å². The zero-order valence-corrected chi connectivity index (χ0v) is 10.9. The molecule has 0 aromatic rings. The standard InChI is InChI=1S/C12H25NO3/c1-5-11(12(15)16-6-2)13(10(3)4)8-7-9-14/h10-11,14H,5-9H2,1-4H3. The summed E-state index contributed by atoms with van der Waals surface area (Å²) in [5, 5.41) is 8.85. The van der Waals surface area contributed by atoms with Gasteiger partial charge in [-0.25, -0.2) is 0 Å². The average molecular weight is 231 g/mol. The lowest BCUT2D eigenvalue weighted by Gasteiger charge is -2.32. The van der Waals surface area contributed by atoms with E-state index in [4.69, 9.17) is 9.84 Å². The summed E-state index contributed by atoms with van der Waals surface area (Å²) in [6.07, 6.45) is 1.43. The van der Waals surface area contributed by atoms with Gasteiger partial charge < -0.3 is 9.84 Å². The average Bonchev–Trinajstić information content (AvgIpc) is 2.23. The van der Waals surface area contributed by atoms with Gasteiger partial charge in [0.25, 0.3) is 0 Å². The monoisotopic (exact) mass is 231 g/mol. The summed E-state index contributed by atoms with van der Waals surface area (Å²) in [6.45, 7) is 9.21. The normalized spacial score (nSPS) is 13.2. The maximum atomic E-state index is 11.8. The highest BCUT2D eigenvalue weighted by Gasteiger charge is 2.26. The highest BCUT2D eigenvalue weighted by atomic mass is 16.5. The molecule has 4 nitrogen and oxygen atoms in total. The Morgan fingerprint density at radius 2 is 2.00 bits per heavy atom. The first kappa shape index (κ1) is 15.4. The maximum absolute atomic E-state index is 11.8. The van der Waals surface area contributed by atoms with Crippen molar-refractivity contribution in [2.45, 2.75) is 52.6 Å². The van der Waals surface area contributed by atoms with Gasteiger partial charge in [-0.15, -0.1) is 0 Å². The van der Waals surface area contributed by atoms with E-state index in [-0.39, 0.29) is 24.7 Å². The smallest absolute Gasteiger partial charge is 0.323 e. The predicted molar refractivity (Wildman–Crippen MR) is 64.3 cm³/mol. The van der Waals surface area contributed by atoms with Crippen LogP contribution in [0.1, 0.15) is 40.5 Å². The molecule has 0 aliphatic rings. The molecule has 0 amide bonds. The summed E-state index contributed by atoms with van der Waals surface area (Å²) in [5.41, 5.74) is 0. The van der Waals surface area contributed by atoms with Crippen LogP contribution in [0.5, 0.6) is 0 Å². The summed E-state index contributed by atoms with van der Waals surface area (Å²) in [4.78, 5) is 13.8. The topological polar surface area (TPSA) is 49.8 Å². The van der Waals surface area contributed by atoms with Gasteiger partial charge in [-0.3, -0.25) is 9.69 Å². The fourth-order valence-corrected chi connectivity index (χ4v) is 1.80. The molecule has 0 aliphatic heterocycles. The molecular formula is C12H25NO3. The third-order valence-corrected chi connectivity index (χ3v) is 2.58. The van der Waals surface area contributed by atoms with Crippen LogP contribution >= 0.6 is 0 Å². The Bertz CT molecular complexity index is 195. The number of nitrogens with zero attached hydrogens (tertiary/aromatic N) is 1. The van der Waals surface area contributed by atoms with E-state index in [2.05, 4.69) is 18.7 Å². The van der Waals surface area contributed by atoms with E-state index >= 15 is 0 Å². The van der Waals surface area contributed by atoms with Gasteiger partial charge in [-0.05, 0) is 33.6 Å². The summed E-state index contributed by atoms with van der Waals surface area (Å²) in [5.74, 6) is -0.156. The molecule has 0 aromatic carbocycles. The van der Waals surface area contributed by atoms with E-state index in [0.717, 1.165) is 13.0 Å². The predicted octanol–water partition coefficient (Wildman–Crippen LogP) is 1.42. The fourth-order valence-electron chi connectivity index (χ4n) is 1.80. The largest absolute Gasteiger partial charge is 0.465 e. The Hall–Kier alpha value is -0.610. The molecule has 1 N–H and O–H groups in total. The molecule has 0 rings (SSSR count). The van der Waals surface area contributed by atoms with Crippen molar-refractivity contribution in [2.24, 2.45) is 0 Å². The molecule has 4 heteroatoms. The zero-order valence-electron chi connectivity index (χ0n) is 10.9. The van der Waals surface area contributed by atoms with E-state index in [9.17, 15) is 4.79 Å². The van der Waals surface area contributed by atoms with Crippen molar-refractivity contribution < 1.29 is 14.6 Å². The van der Waals surface area contributed by atoms with Crippen LogP contribution in [-0.2, 0) is 9.53 Å². The number of esters is 1. The van der Waals surface area contributed by atoms with Crippen molar-refractivity contribution in [1.29, 1.82) is 0 Å². The van der Waals surface area contributed by atoms with Gasteiger partial charge in [-0.1, -0.05) is 6.92 Å². The van der Waals surface area contributed by atoms with Gasteiger partial charge in [0, 0.05) is 19.2 Å². The molecule has 0 aromatic heterocycles. The number of rotatable bonds is 8. The number of hydrogen-bond acceptors (Lipinski definition) is 4. The second-order valence-electron chi connectivity index (χ2n) is 4.08. The molecular weight excluding hydrogens is 206 g/mol. The SMILES string of the molecule is CCOC(=O)C(CC)N(CCCO)C(C)C. The number of aliphatic hydroxyl groups excluding tert-OH is 1. The van der Waals surface area contributed by atoms with E-state index < -0.39 is 0 Å². The van der Waals surface area contributed by atoms with Crippen molar-refractivity contribution in [3.8, 4) is 0 Å². The van der Waals surface area contributed by atoms with Crippen molar-refractivity contribution in [2.75, 3.05) is 19.8 Å². The van der Waals surface area contributed by atoms with Crippen LogP contribution in [0.15, 0.2) is 0 Å². The molecule has 0 heterocycles. The van der Waals surface area contributed by atoms with Gasteiger partial charge in [0.15, 0.2) is 0 Å². The summed E-state index contributed by atoms with van der Waals surface area (Å²) in [6, 6.07) is 0.0902. The third kappa shape index (κ3) is 4.94. The van der Waals surface area contributed by atoms with Gasteiger partial charge in [0.1, 0.15) is 6.04 Å². The summed E-state index contributed by atoms with van der Waals surface area (Å²) >= 11 is 0. The number of aliphatic hydroxyl groups is 1. The van der Waals surface area contributed by atoms with Crippen LogP contribution in [0.25, 0.3) is 0 Å². The maximum Gasteiger partial charge on any atom is 0.323 e. The third-order valence-electron chi connectivity index (χ3n) is 2.58. The first-order chi connectivity index (χ1) is 7.58. The highest BCUT2D eigenvalue weighted by Crippen LogP contribution is 2.11. The number of carbonyl (C=O) groups is 1. The Kier molecular flexibility index (Phi) is 8.21. The Morgan fingerprint density at radius 1 is 1.38 bits per heavy atom. The minimum Gasteiger partial charge on any atom is -0.465 e. The number of carbonyl (C=O) groups excluding carboxylic acids is 1. The van der Waals surface area contributed by atoms with Crippen molar-refractivity contribution in [3.63, 3.8) is 0 Å². The van der Waals surface area contributed by atoms with Gasteiger partial charge in [-0.2, -0.15) is 0 Å². The van der Waals surface area contributed by atoms with Crippen molar-refractivity contribution in [1.82, 2.24) is 4.90 Å². The fraction of sp³-hybridized carbons (Fsp3) is 0.917. The molecule has 0 fully saturated rings. The Morgan fingerprint density at radius 3 is 2.38 bits per heavy atom. The lowest BCUT2D eigenvalue weighted by atomic mass is 10.1. The molecule has 0 bridgehead atoms. The zero-order chi connectivity index (χ0) is 12.6. The summed E-state index contributed by atoms with van der Waals surface area (Å²) < 4.78 is 5.06. The van der Waals surface area contributed by atoms with Crippen molar-refractivity contribution >= 4 is 5.97 Å². The minimum absolute atomic E-state index is 0.155.